The molecule has 1 atom stereocenters. The highest BCUT2D eigenvalue weighted by Crippen LogP contribution is 2.28. The fourth-order valence-electron chi connectivity index (χ4n) is 2.36. The summed E-state index contributed by atoms with van der Waals surface area (Å²) in [5, 5.41) is 13.9. The molecule has 25 heavy (non-hydrogen) atoms. The molecule has 1 unspecified atom stereocenters. The molecule has 3 N–H and O–H groups in total. The molecule has 3 rings (SSSR count). The third-order valence-electron chi connectivity index (χ3n) is 3.57. The molecule has 2 aromatic heterocycles. The van der Waals surface area contributed by atoms with Crippen LogP contribution in [0, 0.1) is 0 Å². The Hall–Kier alpha value is -2.39. The summed E-state index contributed by atoms with van der Waals surface area (Å²) in [6.45, 7) is 1.93. The van der Waals surface area contributed by atoms with E-state index in [1.54, 1.807) is 10.8 Å². The van der Waals surface area contributed by atoms with Crippen molar-refractivity contribution >= 4 is 40.1 Å². The van der Waals surface area contributed by atoms with Gasteiger partial charge in [0.1, 0.15) is 6.04 Å². The van der Waals surface area contributed by atoms with Crippen molar-refractivity contribution in [3.63, 3.8) is 0 Å². The molecule has 0 aliphatic carbocycles. The maximum Gasteiger partial charge on any atom is 0.249 e. The Balaban J connectivity index is 1.77. The van der Waals surface area contributed by atoms with Crippen molar-refractivity contribution in [1.29, 1.82) is 0 Å². The van der Waals surface area contributed by atoms with Gasteiger partial charge in [0.2, 0.25) is 11.9 Å². The number of anilines is 2. The van der Waals surface area contributed by atoms with Gasteiger partial charge < -0.3 is 11.1 Å². The van der Waals surface area contributed by atoms with Crippen LogP contribution in [0.4, 0.5) is 11.1 Å². The maximum atomic E-state index is 12.6. The van der Waals surface area contributed by atoms with Crippen LogP contribution in [0.5, 0.6) is 0 Å². The monoisotopic (exact) mass is 374 g/mol. The largest absolute Gasteiger partial charge is 0.368 e. The summed E-state index contributed by atoms with van der Waals surface area (Å²) >= 11 is 2.88. The molecule has 7 nitrogen and oxygen atoms in total. The molecule has 130 valence electrons. The number of rotatable bonds is 7. The number of carbonyl (C=O) groups excluding carboxylic acids is 1. The zero-order valence-electron chi connectivity index (χ0n) is 13.6. The Morgan fingerprint density at radius 3 is 2.84 bits per heavy atom. The molecule has 0 radical (unpaired) electrons. The third-order valence-corrected chi connectivity index (χ3v) is 5.27. The van der Waals surface area contributed by atoms with E-state index in [-0.39, 0.29) is 11.9 Å². The number of thioether (sulfide) groups is 1. The molecule has 0 bridgehead atoms. The number of thiazole rings is 1. The van der Waals surface area contributed by atoms with Gasteiger partial charge in [-0.2, -0.15) is 0 Å². The van der Waals surface area contributed by atoms with E-state index in [2.05, 4.69) is 20.5 Å². The summed E-state index contributed by atoms with van der Waals surface area (Å²) in [7, 11) is 0. The Morgan fingerprint density at radius 2 is 2.16 bits per heavy atom. The first-order chi connectivity index (χ1) is 12.2. The predicted molar refractivity (Wildman–Crippen MR) is 101 cm³/mol. The molecule has 0 saturated carbocycles. The topological polar surface area (TPSA) is 98.7 Å². The Bertz CT molecular complexity index is 819. The van der Waals surface area contributed by atoms with Crippen LogP contribution in [0.3, 0.4) is 0 Å². The van der Waals surface area contributed by atoms with Crippen LogP contribution < -0.4 is 11.1 Å². The molecule has 0 spiro atoms. The Labute approximate surface area is 153 Å². The summed E-state index contributed by atoms with van der Waals surface area (Å²) in [5.41, 5.74) is 7.15. The van der Waals surface area contributed by atoms with E-state index in [0.29, 0.717) is 16.7 Å². The van der Waals surface area contributed by atoms with Crippen molar-refractivity contribution in [2.24, 2.45) is 0 Å². The normalized spacial score (nSPS) is 12.0. The molecule has 0 fully saturated rings. The average Bonchev–Trinajstić information content (AvgIpc) is 3.26. The first-order valence-corrected chi connectivity index (χ1v) is 9.63. The lowest BCUT2D eigenvalue weighted by Crippen LogP contribution is -2.27. The zero-order chi connectivity index (χ0) is 17.6. The number of aromatic nitrogens is 4. The quantitative estimate of drug-likeness (QED) is 0.616. The van der Waals surface area contributed by atoms with Gasteiger partial charge in [-0.1, -0.05) is 49.0 Å². The molecule has 1 amide bonds. The number of carbonyl (C=O) groups is 1. The van der Waals surface area contributed by atoms with Gasteiger partial charge in [-0.15, -0.1) is 21.5 Å². The average molecular weight is 374 g/mol. The molecular formula is C16H18N6OS2. The molecule has 0 saturated heterocycles. The van der Waals surface area contributed by atoms with Gasteiger partial charge in [0.25, 0.3) is 0 Å². The van der Waals surface area contributed by atoms with Gasteiger partial charge in [0.15, 0.2) is 10.3 Å². The number of nitrogens with two attached hydrogens (primary N) is 1. The minimum atomic E-state index is -0.489. The Kier molecular flexibility index (Phi) is 5.67. The number of nitrogens with zero attached hydrogens (tertiary/aromatic N) is 4. The van der Waals surface area contributed by atoms with Crippen molar-refractivity contribution in [2.75, 3.05) is 11.1 Å². The van der Waals surface area contributed by atoms with E-state index in [4.69, 9.17) is 5.73 Å². The van der Waals surface area contributed by atoms with Crippen LogP contribution in [0.1, 0.15) is 24.9 Å². The van der Waals surface area contributed by atoms with Gasteiger partial charge in [-0.25, -0.2) is 4.98 Å². The fourth-order valence-corrected chi connectivity index (χ4v) is 3.84. The van der Waals surface area contributed by atoms with Crippen LogP contribution in [0.15, 0.2) is 47.1 Å². The molecule has 1 aromatic carbocycles. The first-order valence-electron chi connectivity index (χ1n) is 7.76. The lowest BCUT2D eigenvalue weighted by Gasteiger charge is -2.18. The number of hydrogen-bond acceptors (Lipinski definition) is 7. The van der Waals surface area contributed by atoms with Crippen molar-refractivity contribution < 1.29 is 4.79 Å². The SMILES string of the molecule is CCC(C(=O)Nc1nccs1)n1c(N)nnc1SCc1ccccc1. The van der Waals surface area contributed by atoms with E-state index < -0.39 is 6.04 Å². The summed E-state index contributed by atoms with van der Waals surface area (Å²) in [6, 6.07) is 9.56. The number of amides is 1. The molecule has 3 aromatic rings. The zero-order valence-corrected chi connectivity index (χ0v) is 15.3. The van der Waals surface area contributed by atoms with E-state index in [9.17, 15) is 4.79 Å². The first kappa shape index (κ1) is 17.4. The minimum Gasteiger partial charge on any atom is -0.368 e. The smallest absolute Gasteiger partial charge is 0.249 e. The highest BCUT2D eigenvalue weighted by atomic mass is 32.2. The number of nitrogens with one attached hydrogen (secondary N) is 1. The van der Waals surface area contributed by atoms with Gasteiger partial charge in [0.05, 0.1) is 0 Å². The number of hydrogen-bond donors (Lipinski definition) is 2. The highest BCUT2D eigenvalue weighted by molar-refractivity contribution is 7.98. The lowest BCUT2D eigenvalue weighted by atomic mass is 10.2. The fraction of sp³-hybridized carbons (Fsp3) is 0.250. The predicted octanol–water partition coefficient (Wildman–Crippen LogP) is 3.20. The second-order valence-corrected chi connectivity index (χ2v) is 7.07. The van der Waals surface area contributed by atoms with Crippen LogP contribution in [0.2, 0.25) is 0 Å². The van der Waals surface area contributed by atoms with Gasteiger partial charge >= 0.3 is 0 Å². The van der Waals surface area contributed by atoms with Crippen molar-refractivity contribution in [1.82, 2.24) is 19.7 Å². The van der Waals surface area contributed by atoms with Crippen LogP contribution >= 0.6 is 23.1 Å². The van der Waals surface area contributed by atoms with Crippen LogP contribution in [0.25, 0.3) is 0 Å². The van der Waals surface area contributed by atoms with Gasteiger partial charge in [0, 0.05) is 17.3 Å². The van der Waals surface area contributed by atoms with Crippen LogP contribution in [-0.4, -0.2) is 25.7 Å². The molecule has 2 heterocycles. The molecule has 9 heteroatoms. The molecule has 0 aliphatic rings. The number of nitrogen functional groups attached to an aromatic ring is 1. The standard InChI is InChI=1S/C16H18N6OS2/c1-2-12(13(23)19-15-18-8-9-24-15)22-14(17)20-21-16(22)25-10-11-6-4-3-5-7-11/h3-9,12H,2,10H2,1H3,(H2,17,20)(H,18,19,23). The minimum absolute atomic E-state index is 0.175. The second kappa shape index (κ2) is 8.13. The summed E-state index contributed by atoms with van der Waals surface area (Å²) in [4.78, 5) is 16.7. The summed E-state index contributed by atoms with van der Waals surface area (Å²) in [6.07, 6.45) is 2.22. The Morgan fingerprint density at radius 1 is 1.36 bits per heavy atom. The third kappa shape index (κ3) is 4.18. The van der Waals surface area contributed by atoms with E-state index >= 15 is 0 Å². The van der Waals surface area contributed by atoms with Crippen molar-refractivity contribution in [2.45, 2.75) is 30.3 Å². The van der Waals surface area contributed by atoms with E-state index in [0.717, 1.165) is 5.75 Å². The maximum absolute atomic E-state index is 12.6. The van der Waals surface area contributed by atoms with Crippen molar-refractivity contribution in [3.8, 4) is 0 Å². The summed E-state index contributed by atoms with van der Waals surface area (Å²) < 4.78 is 1.69. The van der Waals surface area contributed by atoms with Gasteiger partial charge in [-0.3, -0.25) is 9.36 Å². The number of benzene rings is 1. The molecule has 0 aliphatic heterocycles. The summed E-state index contributed by atoms with van der Waals surface area (Å²) in [5.74, 6) is 0.783. The van der Waals surface area contributed by atoms with Gasteiger partial charge in [-0.05, 0) is 12.0 Å². The lowest BCUT2D eigenvalue weighted by molar-refractivity contribution is -0.119. The highest BCUT2D eigenvalue weighted by Gasteiger charge is 2.25. The molecular weight excluding hydrogens is 356 g/mol. The van der Waals surface area contributed by atoms with Crippen molar-refractivity contribution in [3.05, 3.63) is 47.5 Å². The van der Waals surface area contributed by atoms with E-state index in [1.807, 2.05) is 42.6 Å². The van der Waals surface area contributed by atoms with Crippen LogP contribution in [-0.2, 0) is 10.5 Å². The van der Waals surface area contributed by atoms with E-state index in [1.165, 1.54) is 28.7 Å². The second-order valence-electron chi connectivity index (χ2n) is 5.24.